The van der Waals surface area contributed by atoms with E-state index in [2.05, 4.69) is 36.0 Å². The summed E-state index contributed by atoms with van der Waals surface area (Å²) in [6.07, 6.45) is 3.61. The van der Waals surface area contributed by atoms with Gasteiger partial charge in [0.1, 0.15) is 5.92 Å². The molecule has 1 aromatic rings. The van der Waals surface area contributed by atoms with E-state index in [1.807, 2.05) is 17.0 Å². The van der Waals surface area contributed by atoms with Crippen LogP contribution in [-0.2, 0) is 16.1 Å². The molecule has 136 valence electrons. The van der Waals surface area contributed by atoms with Gasteiger partial charge in [-0.2, -0.15) is 0 Å². The average molecular weight is 344 g/mol. The lowest BCUT2D eigenvalue weighted by Crippen LogP contribution is -2.52. The molecule has 0 unspecified atom stereocenters. The predicted octanol–water partition coefficient (Wildman–Crippen LogP) is 1.13. The molecule has 2 aliphatic heterocycles. The molecule has 1 N–H and O–H groups in total. The van der Waals surface area contributed by atoms with Crippen LogP contribution in [0.3, 0.4) is 0 Å². The molecule has 2 amide bonds. The first kappa shape index (κ1) is 17.9. The monoisotopic (exact) mass is 344 g/mol. The summed E-state index contributed by atoms with van der Waals surface area (Å²) < 4.78 is 0. The third-order valence-electron chi connectivity index (χ3n) is 5.40. The van der Waals surface area contributed by atoms with Crippen LogP contribution in [0.25, 0.3) is 0 Å². The molecule has 3 heterocycles. The van der Waals surface area contributed by atoms with Crippen molar-refractivity contribution in [2.45, 2.75) is 27.3 Å². The molecule has 25 heavy (non-hydrogen) atoms. The van der Waals surface area contributed by atoms with Crippen molar-refractivity contribution in [1.82, 2.24) is 20.1 Å². The Kier molecular flexibility index (Phi) is 5.08. The number of hydrogen-bond acceptors (Lipinski definition) is 4. The zero-order chi connectivity index (χ0) is 18.0. The zero-order valence-electron chi connectivity index (χ0n) is 15.4. The first-order valence-electron chi connectivity index (χ1n) is 9.04. The van der Waals surface area contributed by atoms with Gasteiger partial charge in [0.05, 0.1) is 0 Å². The second kappa shape index (κ2) is 7.12. The summed E-state index contributed by atoms with van der Waals surface area (Å²) in [6.45, 7) is 10.8. The number of nitrogens with one attached hydrogen (secondary N) is 1. The van der Waals surface area contributed by atoms with Gasteiger partial charge >= 0.3 is 0 Å². The maximum absolute atomic E-state index is 13.0. The lowest BCUT2D eigenvalue weighted by atomic mass is 9.74. The van der Waals surface area contributed by atoms with E-state index in [0.717, 1.165) is 19.6 Å². The Bertz CT molecular complexity index is 618. The minimum absolute atomic E-state index is 0.00140. The molecule has 0 saturated carbocycles. The van der Waals surface area contributed by atoms with Crippen molar-refractivity contribution in [3.8, 4) is 0 Å². The Morgan fingerprint density at radius 2 is 1.84 bits per heavy atom. The van der Waals surface area contributed by atoms with E-state index < -0.39 is 5.92 Å². The van der Waals surface area contributed by atoms with Crippen molar-refractivity contribution in [2.75, 3.05) is 32.7 Å². The summed E-state index contributed by atoms with van der Waals surface area (Å²) in [6, 6.07) is 4.04. The molecule has 0 radical (unpaired) electrons. The van der Waals surface area contributed by atoms with Crippen molar-refractivity contribution in [3.05, 3.63) is 30.1 Å². The quantitative estimate of drug-likeness (QED) is 0.835. The number of piperazine rings is 1. The van der Waals surface area contributed by atoms with Crippen LogP contribution in [0, 0.1) is 17.3 Å². The fraction of sp³-hybridized carbons (Fsp3) is 0.632. The summed E-state index contributed by atoms with van der Waals surface area (Å²) in [4.78, 5) is 33.5. The minimum Gasteiger partial charge on any atom is -0.355 e. The van der Waals surface area contributed by atoms with E-state index in [-0.39, 0.29) is 23.1 Å². The number of hydrogen-bond donors (Lipinski definition) is 1. The number of amides is 2. The molecule has 0 aliphatic carbocycles. The zero-order valence-corrected chi connectivity index (χ0v) is 15.4. The van der Waals surface area contributed by atoms with Crippen LogP contribution in [0.15, 0.2) is 24.5 Å². The third kappa shape index (κ3) is 4.00. The second-order valence-electron chi connectivity index (χ2n) is 8.15. The van der Waals surface area contributed by atoms with Crippen LogP contribution in [-0.4, -0.2) is 59.3 Å². The van der Waals surface area contributed by atoms with Crippen LogP contribution in [0.1, 0.15) is 26.3 Å². The molecular formula is C19H28N4O2. The third-order valence-corrected chi connectivity index (χ3v) is 5.40. The summed E-state index contributed by atoms with van der Waals surface area (Å²) in [5.74, 6) is -0.586. The highest BCUT2D eigenvalue weighted by Gasteiger charge is 2.47. The Hall–Kier alpha value is -1.95. The summed E-state index contributed by atoms with van der Waals surface area (Å²) in [5, 5.41) is 2.88. The maximum atomic E-state index is 13.0. The lowest BCUT2D eigenvalue weighted by molar-refractivity contribution is -0.144. The molecule has 1 aromatic heterocycles. The number of nitrogens with zero attached hydrogens (tertiary/aromatic N) is 3. The van der Waals surface area contributed by atoms with Gasteiger partial charge in [-0.15, -0.1) is 0 Å². The molecule has 0 bridgehead atoms. The highest BCUT2D eigenvalue weighted by Crippen LogP contribution is 2.36. The van der Waals surface area contributed by atoms with Gasteiger partial charge in [0.2, 0.25) is 11.8 Å². The van der Waals surface area contributed by atoms with E-state index >= 15 is 0 Å². The van der Waals surface area contributed by atoms with Crippen molar-refractivity contribution in [2.24, 2.45) is 17.3 Å². The van der Waals surface area contributed by atoms with Gasteiger partial charge in [-0.25, -0.2) is 0 Å². The van der Waals surface area contributed by atoms with Crippen molar-refractivity contribution in [3.63, 3.8) is 0 Å². The average Bonchev–Trinajstić information content (AvgIpc) is 2.98. The first-order chi connectivity index (χ1) is 11.9. The van der Waals surface area contributed by atoms with Crippen LogP contribution >= 0.6 is 0 Å². The van der Waals surface area contributed by atoms with E-state index in [0.29, 0.717) is 19.6 Å². The molecule has 2 aliphatic rings. The smallest absolute Gasteiger partial charge is 0.235 e. The summed E-state index contributed by atoms with van der Waals surface area (Å²) in [5.41, 5.74) is 1.17. The Labute approximate surface area is 149 Å². The van der Waals surface area contributed by atoms with Crippen LogP contribution in [0.2, 0.25) is 0 Å². The summed E-state index contributed by atoms with van der Waals surface area (Å²) in [7, 11) is 0. The molecule has 6 nitrogen and oxygen atoms in total. The fourth-order valence-electron chi connectivity index (χ4n) is 3.78. The molecule has 2 atom stereocenters. The second-order valence-corrected chi connectivity index (χ2v) is 8.15. The van der Waals surface area contributed by atoms with Gasteiger partial charge in [-0.1, -0.05) is 20.8 Å². The molecule has 3 rings (SSSR count). The van der Waals surface area contributed by atoms with E-state index in [4.69, 9.17) is 0 Å². The van der Waals surface area contributed by atoms with Crippen molar-refractivity contribution in [1.29, 1.82) is 0 Å². The van der Waals surface area contributed by atoms with Gasteiger partial charge < -0.3 is 10.2 Å². The van der Waals surface area contributed by atoms with E-state index in [1.54, 1.807) is 12.4 Å². The van der Waals surface area contributed by atoms with Crippen LogP contribution in [0.5, 0.6) is 0 Å². The first-order valence-corrected chi connectivity index (χ1v) is 9.04. The minimum atomic E-state index is -0.535. The Morgan fingerprint density at radius 1 is 1.20 bits per heavy atom. The molecule has 0 spiro atoms. The highest BCUT2D eigenvalue weighted by atomic mass is 16.2. The molecule has 6 heteroatoms. The van der Waals surface area contributed by atoms with Crippen LogP contribution < -0.4 is 5.32 Å². The molecular weight excluding hydrogens is 316 g/mol. The van der Waals surface area contributed by atoms with E-state index in [9.17, 15) is 9.59 Å². The number of rotatable bonds is 3. The number of pyridine rings is 1. The number of carbonyl (C=O) groups is 2. The number of aromatic nitrogens is 1. The predicted molar refractivity (Wildman–Crippen MR) is 95.5 cm³/mol. The summed E-state index contributed by atoms with van der Waals surface area (Å²) >= 11 is 0. The van der Waals surface area contributed by atoms with E-state index in [1.165, 1.54) is 5.56 Å². The molecule has 2 fully saturated rings. The Balaban J connectivity index is 1.58. The van der Waals surface area contributed by atoms with Crippen LogP contribution in [0.4, 0.5) is 0 Å². The van der Waals surface area contributed by atoms with Gasteiger partial charge in [0.25, 0.3) is 0 Å². The van der Waals surface area contributed by atoms with Gasteiger partial charge in [0, 0.05) is 57.6 Å². The largest absolute Gasteiger partial charge is 0.355 e. The SMILES string of the molecule is CC(C)(C)[C@@H]1CNC(=O)[C@@H]1C(=O)N1CCN(Cc2ccncc2)CC1. The maximum Gasteiger partial charge on any atom is 0.235 e. The van der Waals surface area contributed by atoms with Gasteiger partial charge in [-0.3, -0.25) is 19.5 Å². The molecule has 0 aromatic carbocycles. The van der Waals surface area contributed by atoms with Crippen molar-refractivity contribution < 1.29 is 9.59 Å². The van der Waals surface area contributed by atoms with Gasteiger partial charge in [-0.05, 0) is 23.1 Å². The number of carbonyl (C=O) groups excluding carboxylic acids is 2. The lowest BCUT2D eigenvalue weighted by Gasteiger charge is -2.37. The normalized spacial score (nSPS) is 25.1. The topological polar surface area (TPSA) is 65.5 Å². The highest BCUT2D eigenvalue weighted by molar-refractivity contribution is 6.02. The fourth-order valence-corrected chi connectivity index (χ4v) is 3.78. The van der Waals surface area contributed by atoms with Crippen molar-refractivity contribution >= 4 is 11.8 Å². The van der Waals surface area contributed by atoms with Gasteiger partial charge in [0.15, 0.2) is 0 Å². The molecule has 2 saturated heterocycles. The Morgan fingerprint density at radius 3 is 2.44 bits per heavy atom. The standard InChI is InChI=1S/C19H28N4O2/c1-19(2,3)15-12-21-17(24)16(15)18(25)23-10-8-22(9-11-23)13-14-4-6-20-7-5-14/h4-7,15-16H,8-13H2,1-3H3,(H,21,24)/t15-,16-/m1/s1.